The molecule has 0 bridgehead atoms. The number of para-hydroxylation sites is 1. The summed E-state index contributed by atoms with van der Waals surface area (Å²) in [4.78, 5) is 12.1. The molecule has 1 aromatic rings. The SMILES string of the molecule is CCOC(=O)C1(CC)CNc2ccccc2C1. The molecular weight excluding hydrogens is 214 g/mol. The van der Waals surface area contributed by atoms with E-state index in [4.69, 9.17) is 4.74 Å². The van der Waals surface area contributed by atoms with Crippen LogP contribution in [0.5, 0.6) is 0 Å². The lowest BCUT2D eigenvalue weighted by molar-refractivity contribution is -0.155. The molecule has 2 rings (SSSR count). The average molecular weight is 233 g/mol. The molecule has 1 aromatic carbocycles. The Balaban J connectivity index is 2.26. The predicted octanol–water partition coefficient (Wildman–Crippen LogP) is 2.61. The molecule has 0 spiro atoms. The number of carbonyl (C=O) groups excluding carboxylic acids is 1. The molecule has 0 aromatic heterocycles. The smallest absolute Gasteiger partial charge is 0.314 e. The fourth-order valence-electron chi connectivity index (χ4n) is 2.36. The van der Waals surface area contributed by atoms with Crippen LogP contribution in [0.15, 0.2) is 24.3 Å². The van der Waals surface area contributed by atoms with Crippen molar-refractivity contribution in [1.29, 1.82) is 0 Å². The zero-order valence-electron chi connectivity index (χ0n) is 10.5. The predicted molar refractivity (Wildman–Crippen MR) is 68.0 cm³/mol. The maximum atomic E-state index is 12.1. The molecule has 92 valence electrons. The molecule has 0 aliphatic carbocycles. The first kappa shape index (κ1) is 12.0. The van der Waals surface area contributed by atoms with E-state index in [-0.39, 0.29) is 5.97 Å². The first-order chi connectivity index (χ1) is 8.22. The van der Waals surface area contributed by atoms with Gasteiger partial charge in [-0.3, -0.25) is 4.79 Å². The fraction of sp³-hybridized carbons (Fsp3) is 0.500. The zero-order chi connectivity index (χ0) is 12.3. The van der Waals surface area contributed by atoms with Crippen molar-refractivity contribution in [1.82, 2.24) is 0 Å². The Kier molecular flexibility index (Phi) is 3.36. The molecule has 0 fully saturated rings. The Morgan fingerprint density at radius 2 is 2.18 bits per heavy atom. The third-order valence-corrected chi connectivity index (χ3v) is 3.55. The van der Waals surface area contributed by atoms with E-state index in [9.17, 15) is 4.79 Å². The first-order valence-corrected chi connectivity index (χ1v) is 6.21. The van der Waals surface area contributed by atoms with Gasteiger partial charge in [-0.2, -0.15) is 0 Å². The fourth-order valence-corrected chi connectivity index (χ4v) is 2.36. The van der Waals surface area contributed by atoms with Crippen LogP contribution in [-0.4, -0.2) is 19.1 Å². The second-order valence-corrected chi connectivity index (χ2v) is 4.54. The van der Waals surface area contributed by atoms with Gasteiger partial charge in [0.2, 0.25) is 0 Å². The van der Waals surface area contributed by atoms with Crippen molar-refractivity contribution in [3.63, 3.8) is 0 Å². The molecule has 1 aliphatic rings. The Morgan fingerprint density at radius 3 is 2.88 bits per heavy atom. The first-order valence-electron chi connectivity index (χ1n) is 6.21. The molecule has 0 saturated carbocycles. The van der Waals surface area contributed by atoms with Crippen LogP contribution in [-0.2, 0) is 16.0 Å². The number of hydrogen-bond acceptors (Lipinski definition) is 3. The van der Waals surface area contributed by atoms with Crippen LogP contribution in [0.2, 0.25) is 0 Å². The second-order valence-electron chi connectivity index (χ2n) is 4.54. The van der Waals surface area contributed by atoms with E-state index in [1.807, 2.05) is 26.0 Å². The number of ether oxygens (including phenoxy) is 1. The van der Waals surface area contributed by atoms with Crippen LogP contribution < -0.4 is 5.32 Å². The molecule has 1 heterocycles. The lowest BCUT2D eigenvalue weighted by atomic mass is 9.76. The minimum Gasteiger partial charge on any atom is -0.466 e. The highest BCUT2D eigenvalue weighted by Gasteiger charge is 2.41. The highest BCUT2D eigenvalue weighted by molar-refractivity contribution is 5.79. The number of rotatable bonds is 3. The van der Waals surface area contributed by atoms with E-state index in [1.54, 1.807) is 0 Å². The molecule has 3 nitrogen and oxygen atoms in total. The Bertz CT molecular complexity index is 416. The molecule has 3 heteroatoms. The van der Waals surface area contributed by atoms with E-state index in [0.717, 1.165) is 18.5 Å². The Labute approximate surface area is 102 Å². The van der Waals surface area contributed by atoms with Gasteiger partial charge in [0, 0.05) is 12.2 Å². The van der Waals surface area contributed by atoms with Crippen LogP contribution in [0.1, 0.15) is 25.8 Å². The molecular formula is C14H19NO2. The van der Waals surface area contributed by atoms with E-state index in [1.165, 1.54) is 5.56 Å². The van der Waals surface area contributed by atoms with Crippen molar-refractivity contribution in [3.8, 4) is 0 Å². The number of esters is 1. The summed E-state index contributed by atoms with van der Waals surface area (Å²) in [6.45, 7) is 5.01. The summed E-state index contributed by atoms with van der Waals surface area (Å²) in [5, 5.41) is 3.34. The van der Waals surface area contributed by atoms with Gasteiger partial charge in [-0.25, -0.2) is 0 Å². The van der Waals surface area contributed by atoms with Crippen molar-refractivity contribution < 1.29 is 9.53 Å². The van der Waals surface area contributed by atoms with Gasteiger partial charge in [0.15, 0.2) is 0 Å². The van der Waals surface area contributed by atoms with Crippen molar-refractivity contribution in [2.24, 2.45) is 5.41 Å². The summed E-state index contributed by atoms with van der Waals surface area (Å²) < 4.78 is 5.21. The summed E-state index contributed by atoms with van der Waals surface area (Å²) in [5.74, 6) is -0.0792. The molecule has 0 radical (unpaired) electrons. The normalized spacial score (nSPS) is 22.5. The van der Waals surface area contributed by atoms with E-state index < -0.39 is 5.41 Å². The number of nitrogens with one attached hydrogen (secondary N) is 1. The molecule has 1 N–H and O–H groups in total. The van der Waals surface area contributed by atoms with Gasteiger partial charge in [0.05, 0.1) is 12.0 Å². The minimum absolute atomic E-state index is 0.0792. The Hall–Kier alpha value is -1.51. The minimum atomic E-state index is -0.398. The summed E-state index contributed by atoms with van der Waals surface area (Å²) in [5.41, 5.74) is 1.94. The van der Waals surface area contributed by atoms with Crippen molar-refractivity contribution in [2.75, 3.05) is 18.5 Å². The van der Waals surface area contributed by atoms with Crippen LogP contribution in [0, 0.1) is 5.41 Å². The zero-order valence-corrected chi connectivity index (χ0v) is 10.5. The van der Waals surface area contributed by atoms with Crippen molar-refractivity contribution in [2.45, 2.75) is 26.7 Å². The number of hydrogen-bond donors (Lipinski definition) is 1. The number of carbonyl (C=O) groups is 1. The van der Waals surface area contributed by atoms with Gasteiger partial charge in [-0.15, -0.1) is 0 Å². The Morgan fingerprint density at radius 1 is 1.41 bits per heavy atom. The van der Waals surface area contributed by atoms with E-state index in [0.29, 0.717) is 13.2 Å². The lowest BCUT2D eigenvalue weighted by Crippen LogP contribution is -2.43. The average Bonchev–Trinajstić information content (AvgIpc) is 2.38. The summed E-state index contributed by atoms with van der Waals surface area (Å²) in [7, 11) is 0. The number of benzene rings is 1. The van der Waals surface area contributed by atoms with Crippen LogP contribution >= 0.6 is 0 Å². The van der Waals surface area contributed by atoms with Crippen LogP contribution in [0.4, 0.5) is 5.69 Å². The van der Waals surface area contributed by atoms with Crippen molar-refractivity contribution in [3.05, 3.63) is 29.8 Å². The third-order valence-electron chi connectivity index (χ3n) is 3.55. The van der Waals surface area contributed by atoms with Gasteiger partial charge in [-0.05, 0) is 31.4 Å². The second kappa shape index (κ2) is 4.78. The van der Waals surface area contributed by atoms with E-state index >= 15 is 0 Å². The van der Waals surface area contributed by atoms with Crippen LogP contribution in [0.3, 0.4) is 0 Å². The maximum absolute atomic E-state index is 12.1. The van der Waals surface area contributed by atoms with E-state index in [2.05, 4.69) is 17.4 Å². The van der Waals surface area contributed by atoms with Crippen LogP contribution in [0.25, 0.3) is 0 Å². The van der Waals surface area contributed by atoms with Gasteiger partial charge >= 0.3 is 5.97 Å². The molecule has 1 aliphatic heterocycles. The standard InChI is InChI=1S/C14H19NO2/c1-3-14(13(16)17-4-2)9-11-7-5-6-8-12(11)15-10-14/h5-8,15H,3-4,9-10H2,1-2H3. The summed E-state index contributed by atoms with van der Waals surface area (Å²) in [6, 6.07) is 8.15. The molecule has 0 saturated heterocycles. The molecule has 0 amide bonds. The third kappa shape index (κ3) is 2.14. The summed E-state index contributed by atoms with van der Waals surface area (Å²) >= 11 is 0. The molecule has 1 atom stereocenters. The quantitative estimate of drug-likeness (QED) is 0.816. The number of fused-ring (bicyclic) bond motifs is 1. The topological polar surface area (TPSA) is 38.3 Å². The van der Waals surface area contributed by atoms with Gasteiger partial charge in [0.25, 0.3) is 0 Å². The molecule has 1 unspecified atom stereocenters. The highest BCUT2D eigenvalue weighted by Crippen LogP contribution is 2.36. The van der Waals surface area contributed by atoms with Gasteiger partial charge in [-0.1, -0.05) is 25.1 Å². The number of anilines is 1. The van der Waals surface area contributed by atoms with Gasteiger partial charge in [0.1, 0.15) is 0 Å². The summed E-state index contributed by atoms with van der Waals surface area (Å²) in [6.07, 6.45) is 1.57. The monoisotopic (exact) mass is 233 g/mol. The maximum Gasteiger partial charge on any atom is 0.314 e. The lowest BCUT2D eigenvalue weighted by Gasteiger charge is -2.35. The highest BCUT2D eigenvalue weighted by atomic mass is 16.5. The molecule has 17 heavy (non-hydrogen) atoms. The van der Waals surface area contributed by atoms with Gasteiger partial charge < -0.3 is 10.1 Å². The van der Waals surface area contributed by atoms with Crippen molar-refractivity contribution >= 4 is 11.7 Å². The largest absolute Gasteiger partial charge is 0.466 e.